The van der Waals surface area contributed by atoms with Gasteiger partial charge in [0.2, 0.25) is 0 Å². The predicted molar refractivity (Wildman–Crippen MR) is 70.9 cm³/mol. The van der Waals surface area contributed by atoms with E-state index in [4.69, 9.17) is 0 Å². The molecule has 1 atom stereocenters. The second-order valence-corrected chi connectivity index (χ2v) is 4.76. The summed E-state index contributed by atoms with van der Waals surface area (Å²) in [6.07, 6.45) is 0.00724. The van der Waals surface area contributed by atoms with Gasteiger partial charge in [-0.3, -0.25) is 4.79 Å². The average Bonchev–Trinajstić information content (AvgIpc) is 2.38. The maximum absolute atomic E-state index is 12.0. The highest BCUT2D eigenvalue weighted by atomic mass is 19.3. The number of aliphatic hydroxyl groups excluding tert-OH is 1. The minimum absolute atomic E-state index is 0.00628. The van der Waals surface area contributed by atoms with Crippen molar-refractivity contribution in [2.24, 2.45) is 5.92 Å². The highest BCUT2D eigenvalue weighted by Gasteiger charge is 2.11. The lowest BCUT2D eigenvalue weighted by Crippen LogP contribution is -2.28. The Morgan fingerprint density at radius 1 is 1.30 bits per heavy atom. The number of alkyl halides is 2. The van der Waals surface area contributed by atoms with E-state index in [0.29, 0.717) is 18.5 Å². The van der Waals surface area contributed by atoms with Gasteiger partial charge in [-0.25, -0.2) is 0 Å². The van der Waals surface area contributed by atoms with Crippen LogP contribution < -0.4 is 10.1 Å². The highest BCUT2D eigenvalue weighted by molar-refractivity contribution is 5.94. The Morgan fingerprint density at radius 2 is 1.90 bits per heavy atom. The third-order valence-corrected chi connectivity index (χ3v) is 2.84. The molecule has 0 heterocycles. The number of aliphatic hydroxyl groups is 1. The molecule has 4 nitrogen and oxygen atoms in total. The molecule has 1 unspecified atom stereocenters. The normalized spacial score (nSPS) is 12.6. The second-order valence-electron chi connectivity index (χ2n) is 4.76. The van der Waals surface area contributed by atoms with Gasteiger partial charge in [0.25, 0.3) is 5.91 Å². The minimum atomic E-state index is -2.88. The number of halogens is 2. The Kier molecular flexibility index (Phi) is 6.38. The predicted octanol–water partition coefficient (Wildman–Crippen LogP) is 2.42. The molecule has 1 amide bonds. The van der Waals surface area contributed by atoms with E-state index < -0.39 is 12.7 Å². The van der Waals surface area contributed by atoms with Crippen molar-refractivity contribution in [3.63, 3.8) is 0 Å². The summed E-state index contributed by atoms with van der Waals surface area (Å²) in [7, 11) is 0. The van der Waals surface area contributed by atoms with Crippen LogP contribution in [-0.2, 0) is 0 Å². The van der Waals surface area contributed by atoms with E-state index >= 15 is 0 Å². The lowest BCUT2D eigenvalue weighted by atomic mass is 10.0. The molecule has 0 aromatic heterocycles. The van der Waals surface area contributed by atoms with Crippen molar-refractivity contribution < 1.29 is 23.4 Å². The van der Waals surface area contributed by atoms with Gasteiger partial charge in [-0.2, -0.15) is 8.78 Å². The van der Waals surface area contributed by atoms with Gasteiger partial charge in [-0.1, -0.05) is 13.8 Å². The molecule has 1 aromatic rings. The Morgan fingerprint density at radius 3 is 2.40 bits per heavy atom. The van der Waals surface area contributed by atoms with Crippen molar-refractivity contribution in [2.45, 2.75) is 33.0 Å². The Balaban J connectivity index is 2.43. The van der Waals surface area contributed by atoms with Crippen molar-refractivity contribution in [3.8, 4) is 5.75 Å². The molecule has 0 saturated carbocycles. The quantitative estimate of drug-likeness (QED) is 0.809. The topological polar surface area (TPSA) is 58.6 Å². The van der Waals surface area contributed by atoms with Gasteiger partial charge >= 0.3 is 6.61 Å². The molecule has 0 fully saturated rings. The average molecular weight is 287 g/mol. The standard InChI is InChI=1S/C14H19F2NO3/c1-9(2)12(18)7-8-17-13(19)10-3-5-11(6-4-10)20-14(15)16/h3-6,9,12,14,18H,7-8H2,1-2H3,(H,17,19). The first-order valence-electron chi connectivity index (χ1n) is 6.41. The number of benzene rings is 1. The molecule has 1 rings (SSSR count). The zero-order valence-corrected chi connectivity index (χ0v) is 11.5. The molecule has 20 heavy (non-hydrogen) atoms. The number of carbonyl (C=O) groups excluding carboxylic acids is 1. The minimum Gasteiger partial charge on any atom is -0.435 e. The summed E-state index contributed by atoms with van der Waals surface area (Å²) >= 11 is 0. The lowest BCUT2D eigenvalue weighted by molar-refractivity contribution is -0.0498. The van der Waals surface area contributed by atoms with Crippen LogP contribution in [0.2, 0.25) is 0 Å². The van der Waals surface area contributed by atoms with Crippen LogP contribution in [0, 0.1) is 5.92 Å². The van der Waals surface area contributed by atoms with Crippen LogP contribution in [0.1, 0.15) is 30.6 Å². The lowest BCUT2D eigenvalue weighted by Gasteiger charge is -2.14. The third kappa shape index (κ3) is 5.52. The van der Waals surface area contributed by atoms with Gasteiger partial charge in [-0.05, 0) is 36.6 Å². The zero-order valence-electron chi connectivity index (χ0n) is 11.5. The fraction of sp³-hybridized carbons (Fsp3) is 0.500. The summed E-state index contributed by atoms with van der Waals surface area (Å²) in [5, 5.41) is 12.2. The Labute approximate surface area is 116 Å². The number of amides is 1. The first-order valence-corrected chi connectivity index (χ1v) is 6.41. The summed E-state index contributed by atoms with van der Waals surface area (Å²) in [6, 6.07) is 5.44. The van der Waals surface area contributed by atoms with Crippen LogP contribution in [-0.4, -0.2) is 30.3 Å². The third-order valence-electron chi connectivity index (χ3n) is 2.84. The van der Waals surface area contributed by atoms with Crippen LogP contribution in [0.3, 0.4) is 0 Å². The molecule has 2 N–H and O–H groups in total. The van der Waals surface area contributed by atoms with Crippen LogP contribution in [0.5, 0.6) is 5.75 Å². The second kappa shape index (κ2) is 7.79. The van der Waals surface area contributed by atoms with Gasteiger partial charge < -0.3 is 15.2 Å². The molecule has 6 heteroatoms. The molecule has 0 radical (unpaired) electrons. The van der Waals surface area contributed by atoms with Crippen LogP contribution in [0.25, 0.3) is 0 Å². The SMILES string of the molecule is CC(C)C(O)CCNC(=O)c1ccc(OC(F)F)cc1. The molecule has 0 aliphatic carbocycles. The van der Waals surface area contributed by atoms with Crippen molar-refractivity contribution in [1.82, 2.24) is 5.32 Å². The fourth-order valence-electron chi connectivity index (χ4n) is 1.56. The zero-order chi connectivity index (χ0) is 15.1. The summed E-state index contributed by atoms with van der Waals surface area (Å²) < 4.78 is 28.1. The van der Waals surface area contributed by atoms with Crippen molar-refractivity contribution in [2.75, 3.05) is 6.54 Å². The van der Waals surface area contributed by atoms with Crippen molar-refractivity contribution in [1.29, 1.82) is 0 Å². The largest absolute Gasteiger partial charge is 0.435 e. The first-order chi connectivity index (χ1) is 9.40. The van der Waals surface area contributed by atoms with Gasteiger partial charge in [0.15, 0.2) is 0 Å². The number of nitrogens with one attached hydrogen (secondary N) is 1. The van der Waals surface area contributed by atoms with E-state index in [1.54, 1.807) is 0 Å². The van der Waals surface area contributed by atoms with E-state index in [1.807, 2.05) is 13.8 Å². The molecule has 0 saturated heterocycles. The number of carbonyl (C=O) groups is 1. The van der Waals surface area contributed by atoms with Crippen molar-refractivity contribution in [3.05, 3.63) is 29.8 Å². The van der Waals surface area contributed by atoms with E-state index in [2.05, 4.69) is 10.1 Å². The fourth-order valence-corrected chi connectivity index (χ4v) is 1.56. The molecular formula is C14H19F2NO3. The number of hydrogen-bond acceptors (Lipinski definition) is 3. The van der Waals surface area contributed by atoms with Crippen LogP contribution >= 0.6 is 0 Å². The van der Waals surface area contributed by atoms with E-state index in [1.165, 1.54) is 24.3 Å². The van der Waals surface area contributed by atoms with Gasteiger partial charge in [-0.15, -0.1) is 0 Å². The van der Waals surface area contributed by atoms with Gasteiger partial charge in [0, 0.05) is 12.1 Å². The van der Waals surface area contributed by atoms with Crippen molar-refractivity contribution >= 4 is 5.91 Å². The van der Waals surface area contributed by atoms with E-state index in [9.17, 15) is 18.7 Å². The number of ether oxygens (including phenoxy) is 1. The molecule has 0 aliphatic rings. The van der Waals surface area contributed by atoms with Gasteiger partial charge in [0.1, 0.15) is 5.75 Å². The molecule has 0 spiro atoms. The summed E-state index contributed by atoms with van der Waals surface area (Å²) in [4.78, 5) is 11.7. The van der Waals surface area contributed by atoms with Gasteiger partial charge in [0.05, 0.1) is 6.10 Å². The molecule has 1 aromatic carbocycles. The molecule has 112 valence electrons. The monoisotopic (exact) mass is 287 g/mol. The molecule has 0 aliphatic heterocycles. The number of hydrogen-bond donors (Lipinski definition) is 2. The summed E-state index contributed by atoms with van der Waals surface area (Å²) in [5.41, 5.74) is 0.352. The first kappa shape index (κ1) is 16.4. The summed E-state index contributed by atoms with van der Waals surface area (Å²) in [5.74, 6) is -0.172. The maximum atomic E-state index is 12.0. The molecular weight excluding hydrogens is 268 g/mol. The smallest absolute Gasteiger partial charge is 0.387 e. The van der Waals surface area contributed by atoms with Crippen LogP contribution in [0.15, 0.2) is 24.3 Å². The summed E-state index contributed by atoms with van der Waals surface area (Å²) in [6.45, 7) is 1.27. The molecule has 0 bridgehead atoms. The maximum Gasteiger partial charge on any atom is 0.387 e. The highest BCUT2D eigenvalue weighted by Crippen LogP contribution is 2.14. The number of rotatable bonds is 7. The Bertz CT molecular complexity index is 421. The van der Waals surface area contributed by atoms with Crippen LogP contribution in [0.4, 0.5) is 8.78 Å². The van der Waals surface area contributed by atoms with E-state index in [0.717, 1.165) is 0 Å². The van der Waals surface area contributed by atoms with E-state index in [-0.39, 0.29) is 17.6 Å². The Hall–Kier alpha value is -1.69.